The van der Waals surface area contributed by atoms with Crippen molar-refractivity contribution in [2.45, 2.75) is 25.9 Å². The Balaban J connectivity index is 2.38. The lowest BCUT2D eigenvalue weighted by Gasteiger charge is -2.09. The van der Waals surface area contributed by atoms with Crippen LogP contribution in [0, 0.1) is 11.3 Å². The van der Waals surface area contributed by atoms with E-state index in [1.807, 2.05) is 18.2 Å². The van der Waals surface area contributed by atoms with Gasteiger partial charge in [-0.1, -0.05) is 6.08 Å². The molecule has 1 N–H and O–H groups in total. The summed E-state index contributed by atoms with van der Waals surface area (Å²) in [5.74, 6) is 0. The van der Waals surface area contributed by atoms with E-state index in [0.29, 0.717) is 6.04 Å². The molecular weight excluding hydrogens is 192 g/mol. The number of nitriles is 1. The van der Waals surface area contributed by atoms with Crippen molar-refractivity contribution in [2.75, 3.05) is 0 Å². The van der Waals surface area contributed by atoms with Gasteiger partial charge in [-0.3, -0.25) is 0 Å². The van der Waals surface area contributed by atoms with Gasteiger partial charge in [0.2, 0.25) is 0 Å². The van der Waals surface area contributed by atoms with Gasteiger partial charge >= 0.3 is 0 Å². The van der Waals surface area contributed by atoms with Gasteiger partial charge in [-0.05, 0) is 25.5 Å². The summed E-state index contributed by atoms with van der Waals surface area (Å²) in [5.41, 5.74) is 0. The second kappa shape index (κ2) is 5.58. The highest BCUT2D eigenvalue weighted by Gasteiger charge is 2.01. The summed E-state index contributed by atoms with van der Waals surface area (Å²) in [5, 5.41) is 12.0. The SMILES string of the molecule is C=CCC(C)NCc1ccc(C#N)s1. The van der Waals surface area contributed by atoms with E-state index in [0.717, 1.165) is 17.8 Å². The monoisotopic (exact) mass is 206 g/mol. The molecule has 0 amide bonds. The van der Waals surface area contributed by atoms with Crippen LogP contribution >= 0.6 is 11.3 Å². The second-order valence-corrected chi connectivity index (χ2v) is 4.35. The van der Waals surface area contributed by atoms with Gasteiger partial charge in [0.25, 0.3) is 0 Å². The van der Waals surface area contributed by atoms with E-state index >= 15 is 0 Å². The van der Waals surface area contributed by atoms with Gasteiger partial charge in [0.05, 0.1) is 0 Å². The average Bonchev–Trinajstić information content (AvgIpc) is 2.63. The van der Waals surface area contributed by atoms with Crippen LogP contribution in [0.2, 0.25) is 0 Å². The van der Waals surface area contributed by atoms with Crippen molar-refractivity contribution >= 4 is 11.3 Å². The van der Waals surface area contributed by atoms with E-state index in [4.69, 9.17) is 5.26 Å². The first-order valence-corrected chi connectivity index (χ1v) is 5.41. The van der Waals surface area contributed by atoms with Crippen molar-refractivity contribution in [1.29, 1.82) is 5.26 Å². The quantitative estimate of drug-likeness (QED) is 0.752. The van der Waals surface area contributed by atoms with E-state index in [9.17, 15) is 0 Å². The highest BCUT2D eigenvalue weighted by molar-refractivity contribution is 7.12. The zero-order valence-corrected chi connectivity index (χ0v) is 9.10. The molecule has 1 heterocycles. The minimum atomic E-state index is 0.445. The van der Waals surface area contributed by atoms with Gasteiger partial charge in [-0.2, -0.15) is 5.26 Å². The largest absolute Gasteiger partial charge is 0.309 e. The highest BCUT2D eigenvalue weighted by atomic mass is 32.1. The normalized spacial score (nSPS) is 12.0. The van der Waals surface area contributed by atoms with Gasteiger partial charge in [0, 0.05) is 17.5 Å². The predicted octanol–water partition coefficient (Wildman–Crippen LogP) is 2.67. The van der Waals surface area contributed by atoms with Crippen molar-refractivity contribution in [2.24, 2.45) is 0 Å². The molecule has 1 aromatic rings. The molecule has 0 aromatic carbocycles. The second-order valence-electron chi connectivity index (χ2n) is 3.18. The minimum Gasteiger partial charge on any atom is -0.309 e. The maximum absolute atomic E-state index is 8.64. The molecule has 0 radical (unpaired) electrons. The summed E-state index contributed by atoms with van der Waals surface area (Å²) in [6.45, 7) is 6.65. The summed E-state index contributed by atoms with van der Waals surface area (Å²) in [6.07, 6.45) is 2.88. The van der Waals surface area contributed by atoms with Gasteiger partial charge in [0.1, 0.15) is 10.9 Å². The third kappa shape index (κ3) is 3.33. The maximum atomic E-state index is 8.64. The van der Waals surface area contributed by atoms with Crippen molar-refractivity contribution in [1.82, 2.24) is 5.32 Å². The minimum absolute atomic E-state index is 0.445. The van der Waals surface area contributed by atoms with Gasteiger partial charge in [-0.25, -0.2) is 0 Å². The molecule has 1 aromatic heterocycles. The smallest absolute Gasteiger partial charge is 0.110 e. The fraction of sp³-hybridized carbons (Fsp3) is 0.364. The Morgan fingerprint density at radius 2 is 2.50 bits per heavy atom. The van der Waals surface area contributed by atoms with Crippen LogP contribution in [0.15, 0.2) is 24.8 Å². The summed E-state index contributed by atoms with van der Waals surface area (Å²) in [6, 6.07) is 6.44. The number of rotatable bonds is 5. The average molecular weight is 206 g/mol. The molecule has 1 atom stereocenters. The summed E-state index contributed by atoms with van der Waals surface area (Å²) < 4.78 is 0. The molecule has 74 valence electrons. The number of nitrogens with one attached hydrogen (secondary N) is 1. The molecule has 0 saturated heterocycles. The fourth-order valence-electron chi connectivity index (χ4n) is 1.14. The Hall–Kier alpha value is -1.11. The standard InChI is InChI=1S/C11H14N2S/c1-3-4-9(2)13-8-11-6-5-10(7-12)14-11/h3,5-6,9,13H,1,4,8H2,2H3. The van der Waals surface area contributed by atoms with E-state index < -0.39 is 0 Å². The van der Waals surface area contributed by atoms with E-state index in [2.05, 4.69) is 24.9 Å². The first-order chi connectivity index (χ1) is 6.76. The van der Waals surface area contributed by atoms with Crippen LogP contribution in [0.1, 0.15) is 23.1 Å². The lowest BCUT2D eigenvalue weighted by atomic mass is 10.2. The molecule has 2 nitrogen and oxygen atoms in total. The Morgan fingerprint density at radius 3 is 3.07 bits per heavy atom. The zero-order chi connectivity index (χ0) is 10.4. The van der Waals surface area contributed by atoms with Crippen LogP contribution in [0.4, 0.5) is 0 Å². The molecule has 0 aliphatic heterocycles. The molecule has 0 aliphatic carbocycles. The van der Waals surface area contributed by atoms with Crippen LogP contribution < -0.4 is 5.32 Å². The fourth-order valence-corrected chi connectivity index (χ4v) is 1.90. The summed E-state index contributed by atoms with van der Waals surface area (Å²) >= 11 is 1.54. The highest BCUT2D eigenvalue weighted by Crippen LogP contribution is 2.15. The first kappa shape index (κ1) is 11.0. The number of thiophene rings is 1. The molecule has 3 heteroatoms. The molecule has 0 spiro atoms. The third-order valence-corrected chi connectivity index (χ3v) is 2.91. The van der Waals surface area contributed by atoms with Crippen molar-refractivity contribution in [3.63, 3.8) is 0 Å². The van der Waals surface area contributed by atoms with Crippen molar-refractivity contribution in [3.8, 4) is 6.07 Å². The van der Waals surface area contributed by atoms with Gasteiger partial charge < -0.3 is 5.32 Å². The summed E-state index contributed by atoms with van der Waals surface area (Å²) in [4.78, 5) is 1.98. The lowest BCUT2D eigenvalue weighted by molar-refractivity contribution is 0.557. The van der Waals surface area contributed by atoms with Crippen LogP contribution in [0.5, 0.6) is 0 Å². The molecule has 1 unspecified atom stereocenters. The first-order valence-electron chi connectivity index (χ1n) is 4.59. The van der Waals surface area contributed by atoms with E-state index in [1.54, 1.807) is 11.3 Å². The molecule has 0 aliphatic rings. The topological polar surface area (TPSA) is 35.8 Å². The Bertz CT molecular complexity index is 335. The summed E-state index contributed by atoms with van der Waals surface area (Å²) in [7, 11) is 0. The van der Waals surface area contributed by atoms with Crippen LogP contribution in [-0.2, 0) is 6.54 Å². The Labute approximate surface area is 88.9 Å². The molecular formula is C11H14N2S. The van der Waals surface area contributed by atoms with Gasteiger partial charge in [0.15, 0.2) is 0 Å². The molecule has 1 rings (SSSR count). The van der Waals surface area contributed by atoms with Crippen LogP contribution in [0.3, 0.4) is 0 Å². The number of hydrogen-bond donors (Lipinski definition) is 1. The molecule has 0 saturated carbocycles. The molecule has 14 heavy (non-hydrogen) atoms. The van der Waals surface area contributed by atoms with Crippen molar-refractivity contribution < 1.29 is 0 Å². The molecule has 0 fully saturated rings. The Kier molecular flexibility index (Phi) is 4.37. The zero-order valence-electron chi connectivity index (χ0n) is 8.29. The maximum Gasteiger partial charge on any atom is 0.110 e. The van der Waals surface area contributed by atoms with E-state index in [-0.39, 0.29) is 0 Å². The Morgan fingerprint density at radius 1 is 1.71 bits per heavy atom. The third-order valence-electron chi connectivity index (χ3n) is 1.92. The number of hydrogen-bond acceptors (Lipinski definition) is 3. The van der Waals surface area contributed by atoms with Crippen LogP contribution in [0.25, 0.3) is 0 Å². The molecule has 0 bridgehead atoms. The van der Waals surface area contributed by atoms with Crippen LogP contribution in [-0.4, -0.2) is 6.04 Å². The van der Waals surface area contributed by atoms with Crippen molar-refractivity contribution in [3.05, 3.63) is 34.5 Å². The lowest BCUT2D eigenvalue weighted by Crippen LogP contribution is -2.24. The van der Waals surface area contributed by atoms with E-state index in [1.165, 1.54) is 4.88 Å². The van der Waals surface area contributed by atoms with Gasteiger partial charge in [-0.15, -0.1) is 17.9 Å². The number of nitrogens with zero attached hydrogens (tertiary/aromatic N) is 1. The predicted molar refractivity (Wildman–Crippen MR) is 60.1 cm³/mol.